The summed E-state index contributed by atoms with van der Waals surface area (Å²) >= 11 is 0. The molecule has 2 bridgehead atoms. The predicted molar refractivity (Wildman–Crippen MR) is 135 cm³/mol. The van der Waals surface area contributed by atoms with Crippen molar-refractivity contribution in [1.82, 2.24) is 14.9 Å². The first-order chi connectivity index (χ1) is 16.8. The van der Waals surface area contributed by atoms with Gasteiger partial charge in [-0.1, -0.05) is 32.9 Å². The average Bonchev–Trinajstić information content (AvgIpc) is 3.38. The minimum absolute atomic E-state index is 0.0798. The monoisotopic (exact) mass is 474 g/mol. The molecule has 0 radical (unpaired) electrons. The number of carbonyl (C=O) groups excluding carboxylic acids is 1. The number of nitrogens with one attached hydrogen (secondary N) is 1. The number of amides is 1. The van der Waals surface area contributed by atoms with E-state index in [0.29, 0.717) is 18.4 Å². The normalized spacial score (nSPS) is 23.8. The first kappa shape index (κ1) is 23.5. The molecule has 184 valence electrons. The van der Waals surface area contributed by atoms with E-state index in [4.69, 9.17) is 14.1 Å². The van der Waals surface area contributed by atoms with Crippen LogP contribution in [0.15, 0.2) is 53.1 Å². The fourth-order valence-electron chi connectivity index (χ4n) is 5.36. The number of aryl methyl sites for hydroxylation is 1. The van der Waals surface area contributed by atoms with E-state index in [9.17, 15) is 4.79 Å². The number of ether oxygens (including phenoxy) is 1. The molecule has 1 N–H and O–H groups in total. The second kappa shape index (κ2) is 9.46. The first-order valence-corrected chi connectivity index (χ1v) is 12.4. The van der Waals surface area contributed by atoms with Gasteiger partial charge in [0.2, 0.25) is 0 Å². The van der Waals surface area contributed by atoms with Gasteiger partial charge in [0.15, 0.2) is 5.76 Å². The molecule has 0 aliphatic carbocycles. The van der Waals surface area contributed by atoms with Crippen molar-refractivity contribution in [2.45, 2.75) is 57.9 Å². The highest BCUT2D eigenvalue weighted by atomic mass is 16.5. The molecule has 3 aromatic rings. The van der Waals surface area contributed by atoms with Gasteiger partial charge < -0.3 is 9.15 Å². The number of aromatic nitrogens is 2. The molecule has 3 aliphatic heterocycles. The lowest BCUT2D eigenvalue weighted by atomic mass is 9.74. The zero-order chi connectivity index (χ0) is 24.6. The first-order valence-electron chi connectivity index (χ1n) is 12.4. The van der Waals surface area contributed by atoms with Gasteiger partial charge in [-0.3, -0.25) is 10.2 Å². The van der Waals surface area contributed by atoms with Gasteiger partial charge in [-0.05, 0) is 73.5 Å². The number of rotatable bonds is 5. The Morgan fingerprint density at radius 2 is 2.00 bits per heavy atom. The maximum Gasteiger partial charge on any atom is 0.411 e. The molecule has 6 rings (SSSR count). The largest absolute Gasteiger partial charge is 0.463 e. The van der Waals surface area contributed by atoms with E-state index < -0.39 is 6.09 Å². The molecule has 1 aromatic carbocycles. The lowest BCUT2D eigenvalue weighted by Gasteiger charge is -2.49. The van der Waals surface area contributed by atoms with E-state index >= 15 is 0 Å². The van der Waals surface area contributed by atoms with Crippen LogP contribution in [0.3, 0.4) is 0 Å². The Bertz CT molecular complexity index is 1170. The number of furan rings is 1. The molecule has 2 aromatic heterocycles. The quantitative estimate of drug-likeness (QED) is 0.506. The van der Waals surface area contributed by atoms with E-state index in [-0.39, 0.29) is 11.5 Å². The van der Waals surface area contributed by atoms with Crippen molar-refractivity contribution in [2.24, 2.45) is 5.92 Å². The van der Waals surface area contributed by atoms with Crippen LogP contribution in [0.1, 0.15) is 56.6 Å². The molecule has 7 nitrogen and oxygen atoms in total. The van der Waals surface area contributed by atoms with Gasteiger partial charge in [0.05, 0.1) is 6.26 Å². The van der Waals surface area contributed by atoms with Gasteiger partial charge in [-0.25, -0.2) is 14.8 Å². The van der Waals surface area contributed by atoms with Crippen LogP contribution >= 0.6 is 0 Å². The molecular weight excluding hydrogens is 440 g/mol. The van der Waals surface area contributed by atoms with Gasteiger partial charge in [0.25, 0.3) is 0 Å². The summed E-state index contributed by atoms with van der Waals surface area (Å²) in [6.45, 7) is 10.8. The molecule has 0 saturated carbocycles. The van der Waals surface area contributed by atoms with Crippen LogP contribution in [0.5, 0.6) is 0 Å². The number of carbonyl (C=O) groups is 1. The Labute approximate surface area is 206 Å². The van der Waals surface area contributed by atoms with Crippen molar-refractivity contribution in [3.05, 3.63) is 65.8 Å². The smallest absolute Gasteiger partial charge is 0.411 e. The van der Waals surface area contributed by atoms with Crippen molar-refractivity contribution in [2.75, 3.05) is 25.0 Å². The Kier molecular flexibility index (Phi) is 6.36. The lowest BCUT2D eigenvalue weighted by molar-refractivity contribution is -0.00151. The van der Waals surface area contributed by atoms with Crippen molar-refractivity contribution in [1.29, 1.82) is 0 Å². The SMILES string of the molecule is Cc1nc(-c2ccco2)cc([C@H]2CN3CC[C@H]2C[C@@H]3COC(=O)Nc2ccc(C(C)(C)C)cc2)n1. The van der Waals surface area contributed by atoms with Gasteiger partial charge in [0.1, 0.15) is 18.1 Å². The highest BCUT2D eigenvalue weighted by Crippen LogP contribution is 2.42. The summed E-state index contributed by atoms with van der Waals surface area (Å²) in [5, 5.41) is 2.86. The molecule has 3 fully saturated rings. The second-order valence-electron chi connectivity index (χ2n) is 10.8. The molecule has 1 amide bonds. The molecule has 35 heavy (non-hydrogen) atoms. The van der Waals surface area contributed by atoms with E-state index in [1.165, 1.54) is 5.56 Å². The van der Waals surface area contributed by atoms with Crippen LogP contribution in [0, 0.1) is 12.8 Å². The van der Waals surface area contributed by atoms with E-state index in [0.717, 1.165) is 54.6 Å². The van der Waals surface area contributed by atoms with Crippen LogP contribution in [0.25, 0.3) is 11.5 Å². The third kappa shape index (κ3) is 5.25. The summed E-state index contributed by atoms with van der Waals surface area (Å²) in [5.41, 5.74) is 3.97. The lowest BCUT2D eigenvalue weighted by Crippen LogP contribution is -2.54. The number of hydrogen-bond donors (Lipinski definition) is 1. The molecule has 0 spiro atoms. The zero-order valence-corrected chi connectivity index (χ0v) is 21.0. The highest BCUT2D eigenvalue weighted by molar-refractivity contribution is 5.84. The third-order valence-corrected chi connectivity index (χ3v) is 7.29. The number of piperidine rings is 3. The summed E-state index contributed by atoms with van der Waals surface area (Å²) < 4.78 is 11.2. The Morgan fingerprint density at radius 1 is 1.20 bits per heavy atom. The number of benzene rings is 1. The fraction of sp³-hybridized carbons (Fsp3) is 0.464. The maximum absolute atomic E-state index is 12.4. The molecule has 3 aliphatic rings. The molecule has 3 saturated heterocycles. The highest BCUT2D eigenvalue weighted by Gasteiger charge is 2.42. The van der Waals surface area contributed by atoms with Crippen LogP contribution < -0.4 is 5.32 Å². The number of fused-ring (bicyclic) bond motifs is 3. The molecule has 5 heterocycles. The van der Waals surface area contributed by atoms with Crippen molar-refractivity contribution in [3.63, 3.8) is 0 Å². The molecule has 4 atom stereocenters. The summed E-state index contributed by atoms with van der Waals surface area (Å²) in [5.74, 6) is 2.40. The Balaban J connectivity index is 1.18. The number of anilines is 1. The maximum atomic E-state index is 12.4. The van der Waals surface area contributed by atoms with Gasteiger partial charge in [0, 0.05) is 29.9 Å². The second-order valence-corrected chi connectivity index (χ2v) is 10.8. The van der Waals surface area contributed by atoms with E-state index in [2.05, 4.69) is 42.0 Å². The van der Waals surface area contributed by atoms with Crippen LogP contribution in [0.4, 0.5) is 10.5 Å². The minimum atomic E-state index is -0.401. The minimum Gasteiger partial charge on any atom is -0.463 e. The van der Waals surface area contributed by atoms with Crippen LogP contribution in [-0.2, 0) is 10.2 Å². The summed E-state index contributed by atoms with van der Waals surface area (Å²) in [4.78, 5) is 24.2. The number of hydrogen-bond acceptors (Lipinski definition) is 6. The van der Waals surface area contributed by atoms with Crippen molar-refractivity contribution < 1.29 is 13.9 Å². The average molecular weight is 475 g/mol. The Morgan fingerprint density at radius 3 is 2.66 bits per heavy atom. The standard InChI is InChI=1S/C28H34N4O3/c1-18-29-24(15-25(30-18)26-6-5-13-34-26)23-16-32-12-11-19(23)14-22(32)17-35-27(33)31-21-9-7-20(8-10-21)28(2,3)4/h5-10,13,15,19,22-23H,11-12,14,16-17H2,1-4H3,(H,31,33)/t19-,22+,23-/m0/s1. The fourth-order valence-corrected chi connectivity index (χ4v) is 5.36. The Hall–Kier alpha value is -3.19. The summed E-state index contributed by atoms with van der Waals surface area (Å²) in [6.07, 6.45) is 3.40. The van der Waals surface area contributed by atoms with Gasteiger partial charge in [-0.2, -0.15) is 0 Å². The molecule has 1 unspecified atom stereocenters. The number of nitrogens with zero attached hydrogens (tertiary/aromatic N) is 3. The van der Waals surface area contributed by atoms with Crippen LogP contribution in [-0.4, -0.2) is 46.7 Å². The van der Waals surface area contributed by atoms with E-state index in [1.807, 2.05) is 43.3 Å². The summed E-state index contributed by atoms with van der Waals surface area (Å²) in [7, 11) is 0. The van der Waals surface area contributed by atoms with Crippen LogP contribution in [0.2, 0.25) is 0 Å². The zero-order valence-electron chi connectivity index (χ0n) is 21.0. The topological polar surface area (TPSA) is 80.5 Å². The molecular formula is C28H34N4O3. The van der Waals surface area contributed by atoms with Gasteiger partial charge in [-0.15, -0.1) is 0 Å². The van der Waals surface area contributed by atoms with Crippen molar-refractivity contribution >= 4 is 11.8 Å². The van der Waals surface area contributed by atoms with Gasteiger partial charge >= 0.3 is 6.09 Å². The van der Waals surface area contributed by atoms with E-state index in [1.54, 1.807) is 6.26 Å². The molecule has 7 heteroatoms. The summed E-state index contributed by atoms with van der Waals surface area (Å²) in [6, 6.07) is 14.1. The van der Waals surface area contributed by atoms with Crippen molar-refractivity contribution in [3.8, 4) is 11.5 Å². The third-order valence-electron chi connectivity index (χ3n) is 7.29. The predicted octanol–water partition coefficient (Wildman–Crippen LogP) is 5.77.